The minimum absolute atomic E-state index is 0.0335. The van der Waals surface area contributed by atoms with Crippen molar-refractivity contribution in [2.45, 2.75) is 6.61 Å². The van der Waals surface area contributed by atoms with Gasteiger partial charge < -0.3 is 4.74 Å². The number of benzene rings is 1. The number of ether oxygens (including phenoxy) is 1. The number of alkyl halides is 2. The van der Waals surface area contributed by atoms with Crippen LogP contribution in [-0.2, 0) is 0 Å². The van der Waals surface area contributed by atoms with E-state index in [-0.39, 0.29) is 16.3 Å². The van der Waals surface area contributed by atoms with Crippen LogP contribution in [0.4, 0.5) is 8.78 Å². The van der Waals surface area contributed by atoms with E-state index >= 15 is 0 Å². The van der Waals surface area contributed by atoms with Gasteiger partial charge in [-0.15, -0.1) is 0 Å². The molecule has 0 aliphatic rings. The first kappa shape index (κ1) is 14.3. The second-order valence-electron chi connectivity index (χ2n) is 3.50. The number of rotatable bonds is 3. The maximum Gasteiger partial charge on any atom is 0.387 e. The molecular weight excluding hydrogens is 318 g/mol. The van der Waals surface area contributed by atoms with Crippen molar-refractivity contribution in [2.24, 2.45) is 0 Å². The molecule has 0 N–H and O–H groups in total. The van der Waals surface area contributed by atoms with Crippen molar-refractivity contribution in [3.05, 3.63) is 45.7 Å². The largest absolute Gasteiger partial charge is 0.432 e. The maximum atomic E-state index is 12.4. The summed E-state index contributed by atoms with van der Waals surface area (Å²) in [6.07, 6.45) is 2.54. The smallest absolute Gasteiger partial charge is 0.387 e. The molecule has 0 saturated heterocycles. The first-order chi connectivity index (χ1) is 8.99. The highest BCUT2D eigenvalue weighted by atomic mass is 35.5. The summed E-state index contributed by atoms with van der Waals surface area (Å²) < 4.78 is 29.2. The molecule has 0 fully saturated rings. The normalized spacial score (nSPS) is 10.8. The van der Waals surface area contributed by atoms with E-state index < -0.39 is 6.61 Å². The zero-order valence-electron chi connectivity index (χ0n) is 9.21. The molecule has 2 aromatic rings. The van der Waals surface area contributed by atoms with E-state index in [4.69, 9.17) is 34.8 Å². The van der Waals surface area contributed by atoms with E-state index in [2.05, 4.69) is 9.72 Å². The van der Waals surface area contributed by atoms with E-state index in [1.165, 1.54) is 18.5 Å². The molecule has 100 valence electrons. The van der Waals surface area contributed by atoms with Crippen LogP contribution in [0.1, 0.15) is 0 Å². The average Bonchev–Trinajstić information content (AvgIpc) is 2.34. The van der Waals surface area contributed by atoms with Crippen LogP contribution in [0.15, 0.2) is 30.6 Å². The van der Waals surface area contributed by atoms with Crippen molar-refractivity contribution < 1.29 is 13.5 Å². The molecule has 0 amide bonds. The molecule has 1 aromatic heterocycles. The number of nitrogens with zero attached hydrogens (tertiary/aromatic N) is 1. The third-order valence-corrected chi connectivity index (χ3v) is 3.11. The Kier molecular flexibility index (Phi) is 4.45. The molecule has 2 nitrogen and oxygen atoms in total. The lowest BCUT2D eigenvalue weighted by Crippen LogP contribution is -2.04. The van der Waals surface area contributed by atoms with E-state index in [0.29, 0.717) is 15.6 Å². The fraction of sp³-hybridized carbons (Fsp3) is 0.0833. The minimum atomic E-state index is -3.00. The van der Waals surface area contributed by atoms with Gasteiger partial charge in [0.15, 0.2) is 5.75 Å². The number of pyridine rings is 1. The van der Waals surface area contributed by atoms with Crippen LogP contribution >= 0.6 is 34.8 Å². The summed E-state index contributed by atoms with van der Waals surface area (Å²) in [5.41, 5.74) is 0.667. The SMILES string of the molecule is FC(F)Oc1c(Cl)cncc1-c1cc(Cl)ccc1Cl. The highest BCUT2D eigenvalue weighted by molar-refractivity contribution is 6.36. The zero-order valence-corrected chi connectivity index (χ0v) is 11.5. The molecule has 7 heteroatoms. The van der Waals surface area contributed by atoms with Gasteiger partial charge in [0.25, 0.3) is 0 Å². The van der Waals surface area contributed by atoms with Gasteiger partial charge in [-0.3, -0.25) is 4.98 Å². The Morgan fingerprint density at radius 3 is 2.42 bits per heavy atom. The number of hydrogen-bond acceptors (Lipinski definition) is 2. The highest BCUT2D eigenvalue weighted by Crippen LogP contribution is 2.40. The van der Waals surface area contributed by atoms with Gasteiger partial charge >= 0.3 is 6.61 Å². The lowest BCUT2D eigenvalue weighted by molar-refractivity contribution is -0.0494. The van der Waals surface area contributed by atoms with Crippen molar-refractivity contribution in [1.82, 2.24) is 4.98 Å². The molecule has 0 aliphatic heterocycles. The van der Waals surface area contributed by atoms with E-state index in [1.807, 2.05) is 0 Å². The highest BCUT2D eigenvalue weighted by Gasteiger charge is 2.17. The van der Waals surface area contributed by atoms with Crippen LogP contribution in [-0.4, -0.2) is 11.6 Å². The van der Waals surface area contributed by atoms with Gasteiger partial charge in [0.1, 0.15) is 5.02 Å². The average molecular weight is 325 g/mol. The third-order valence-electron chi connectivity index (χ3n) is 2.28. The topological polar surface area (TPSA) is 22.1 Å². The summed E-state index contributed by atoms with van der Waals surface area (Å²) in [6, 6.07) is 4.65. The monoisotopic (exact) mass is 323 g/mol. The van der Waals surface area contributed by atoms with Crippen molar-refractivity contribution >= 4 is 34.8 Å². The Bertz CT molecular complexity index is 608. The fourth-order valence-corrected chi connectivity index (χ4v) is 2.12. The Hall–Kier alpha value is -1.10. The van der Waals surface area contributed by atoms with Gasteiger partial charge in [-0.05, 0) is 18.2 Å². The lowest BCUT2D eigenvalue weighted by Gasteiger charge is -2.13. The van der Waals surface area contributed by atoms with Crippen LogP contribution in [0, 0.1) is 0 Å². The molecule has 2 rings (SSSR count). The molecule has 0 spiro atoms. The Labute approximate surface area is 122 Å². The molecular formula is C12H6Cl3F2NO. The van der Waals surface area contributed by atoms with Crippen molar-refractivity contribution in [2.75, 3.05) is 0 Å². The second kappa shape index (κ2) is 5.90. The fourth-order valence-electron chi connectivity index (χ4n) is 1.53. The summed E-state index contributed by atoms with van der Waals surface area (Å²) in [4.78, 5) is 3.84. The lowest BCUT2D eigenvalue weighted by atomic mass is 10.1. The second-order valence-corrected chi connectivity index (χ2v) is 4.75. The molecule has 19 heavy (non-hydrogen) atoms. The summed E-state index contributed by atoms with van der Waals surface area (Å²) in [6.45, 7) is -3.00. The number of aromatic nitrogens is 1. The molecule has 0 atom stereocenters. The third kappa shape index (κ3) is 3.26. The molecule has 1 aromatic carbocycles. The number of halogens is 5. The molecule has 0 unspecified atom stereocenters. The van der Waals surface area contributed by atoms with Gasteiger partial charge in [-0.25, -0.2) is 0 Å². The summed E-state index contributed by atoms with van der Waals surface area (Å²) in [7, 11) is 0. The molecule has 0 bridgehead atoms. The molecule has 1 heterocycles. The molecule has 0 radical (unpaired) electrons. The Balaban J connectivity index is 2.61. The van der Waals surface area contributed by atoms with Gasteiger partial charge in [-0.1, -0.05) is 34.8 Å². The van der Waals surface area contributed by atoms with Crippen LogP contribution in [0.5, 0.6) is 5.75 Å². The Morgan fingerprint density at radius 2 is 1.74 bits per heavy atom. The van der Waals surface area contributed by atoms with Crippen molar-refractivity contribution in [3.63, 3.8) is 0 Å². The van der Waals surface area contributed by atoms with E-state index in [9.17, 15) is 8.78 Å². The quantitative estimate of drug-likeness (QED) is 0.763. The standard InChI is InChI=1S/C12H6Cl3F2NO/c13-6-1-2-9(14)7(3-6)8-4-18-5-10(15)11(8)19-12(16)17/h1-5,12H. The van der Waals surface area contributed by atoms with Gasteiger partial charge in [-0.2, -0.15) is 8.78 Å². The minimum Gasteiger partial charge on any atom is -0.432 e. The van der Waals surface area contributed by atoms with E-state index in [1.54, 1.807) is 12.1 Å². The zero-order chi connectivity index (χ0) is 14.0. The van der Waals surface area contributed by atoms with Gasteiger partial charge in [0.2, 0.25) is 0 Å². The summed E-state index contributed by atoms with van der Waals surface area (Å²) in [5, 5.41) is 0.698. The Morgan fingerprint density at radius 1 is 1.00 bits per heavy atom. The van der Waals surface area contributed by atoms with Gasteiger partial charge in [0.05, 0.1) is 0 Å². The summed E-state index contributed by atoms with van der Waals surface area (Å²) in [5.74, 6) is -0.184. The number of hydrogen-bond donors (Lipinski definition) is 0. The predicted octanol–water partition coefficient (Wildman–Crippen LogP) is 5.31. The van der Waals surface area contributed by atoms with Gasteiger partial charge in [0, 0.05) is 33.6 Å². The van der Waals surface area contributed by atoms with Crippen LogP contribution < -0.4 is 4.74 Å². The first-order valence-electron chi connectivity index (χ1n) is 5.02. The summed E-state index contributed by atoms with van der Waals surface area (Å²) >= 11 is 17.7. The van der Waals surface area contributed by atoms with Crippen molar-refractivity contribution in [1.29, 1.82) is 0 Å². The first-order valence-corrected chi connectivity index (χ1v) is 6.16. The predicted molar refractivity (Wildman–Crippen MR) is 71.3 cm³/mol. The maximum absolute atomic E-state index is 12.4. The molecule has 0 aliphatic carbocycles. The van der Waals surface area contributed by atoms with Crippen LogP contribution in [0.25, 0.3) is 11.1 Å². The molecule has 0 saturated carbocycles. The van der Waals surface area contributed by atoms with Crippen molar-refractivity contribution in [3.8, 4) is 16.9 Å². The van der Waals surface area contributed by atoms with Crippen LogP contribution in [0.2, 0.25) is 15.1 Å². The van der Waals surface area contributed by atoms with Crippen LogP contribution in [0.3, 0.4) is 0 Å². The van der Waals surface area contributed by atoms with E-state index in [0.717, 1.165) is 0 Å².